The van der Waals surface area contributed by atoms with Crippen LogP contribution in [-0.4, -0.2) is 53.9 Å². The van der Waals surface area contributed by atoms with E-state index in [1.165, 1.54) is 11.0 Å². The van der Waals surface area contributed by atoms with Gasteiger partial charge in [-0.25, -0.2) is 9.59 Å². The average Bonchev–Trinajstić information content (AvgIpc) is 2.53. The van der Waals surface area contributed by atoms with Gasteiger partial charge in [0.05, 0.1) is 11.3 Å². The number of rotatable bonds is 3. The molecule has 0 aliphatic carbocycles. The van der Waals surface area contributed by atoms with Crippen LogP contribution in [0.15, 0.2) is 24.3 Å². The molecule has 2 rings (SSSR count). The lowest BCUT2D eigenvalue weighted by molar-refractivity contribution is 0.0697. The van der Waals surface area contributed by atoms with Crippen molar-refractivity contribution in [2.24, 2.45) is 5.92 Å². The van der Waals surface area contributed by atoms with E-state index in [9.17, 15) is 19.8 Å². The summed E-state index contributed by atoms with van der Waals surface area (Å²) in [7, 11) is 1.58. The summed E-state index contributed by atoms with van der Waals surface area (Å²) < 4.78 is 0. The zero-order valence-electron chi connectivity index (χ0n) is 12.0. The van der Waals surface area contributed by atoms with Crippen LogP contribution in [0.25, 0.3) is 0 Å². The molecule has 6 heteroatoms. The van der Waals surface area contributed by atoms with Gasteiger partial charge in [-0.05, 0) is 30.9 Å². The SMILES string of the molecule is CN(C(=O)N1CCCC(CO)C1)c1ccccc1C(=O)O. The maximum atomic E-state index is 12.5. The molecule has 21 heavy (non-hydrogen) atoms. The molecule has 6 nitrogen and oxygen atoms in total. The van der Waals surface area contributed by atoms with Gasteiger partial charge in [0.15, 0.2) is 0 Å². The molecule has 1 fully saturated rings. The van der Waals surface area contributed by atoms with Crippen LogP contribution in [-0.2, 0) is 0 Å². The Labute approximate surface area is 123 Å². The minimum atomic E-state index is -1.06. The number of amides is 2. The third-order valence-corrected chi connectivity index (χ3v) is 3.83. The average molecular weight is 292 g/mol. The van der Waals surface area contributed by atoms with Gasteiger partial charge in [-0.15, -0.1) is 0 Å². The first-order valence-corrected chi connectivity index (χ1v) is 7.00. The van der Waals surface area contributed by atoms with E-state index in [0.29, 0.717) is 18.8 Å². The number of aromatic carboxylic acids is 1. The molecular formula is C15H20N2O4. The maximum absolute atomic E-state index is 12.5. The number of benzene rings is 1. The van der Waals surface area contributed by atoms with Gasteiger partial charge in [0.1, 0.15) is 0 Å². The van der Waals surface area contributed by atoms with E-state index in [-0.39, 0.29) is 24.1 Å². The van der Waals surface area contributed by atoms with Gasteiger partial charge in [-0.1, -0.05) is 12.1 Å². The molecule has 2 N–H and O–H groups in total. The number of aliphatic hydroxyl groups is 1. The molecule has 1 heterocycles. The van der Waals surface area contributed by atoms with E-state index in [0.717, 1.165) is 12.8 Å². The van der Waals surface area contributed by atoms with Crippen molar-refractivity contribution in [3.63, 3.8) is 0 Å². The zero-order valence-corrected chi connectivity index (χ0v) is 12.0. The monoisotopic (exact) mass is 292 g/mol. The Balaban J connectivity index is 2.18. The molecular weight excluding hydrogens is 272 g/mol. The molecule has 1 unspecified atom stereocenters. The quantitative estimate of drug-likeness (QED) is 0.887. The number of likely N-dealkylation sites (tertiary alicyclic amines) is 1. The van der Waals surface area contributed by atoms with Gasteiger partial charge >= 0.3 is 12.0 Å². The number of carboxylic acids is 1. The summed E-state index contributed by atoms with van der Waals surface area (Å²) in [6.07, 6.45) is 1.76. The Morgan fingerprint density at radius 1 is 1.38 bits per heavy atom. The predicted molar refractivity (Wildman–Crippen MR) is 78.6 cm³/mol. The van der Waals surface area contributed by atoms with E-state index < -0.39 is 5.97 Å². The molecule has 2 amide bonds. The second kappa shape index (κ2) is 6.58. The van der Waals surface area contributed by atoms with Crippen LogP contribution in [0.5, 0.6) is 0 Å². The van der Waals surface area contributed by atoms with Crippen LogP contribution in [0, 0.1) is 5.92 Å². The molecule has 1 aliphatic rings. The van der Waals surface area contributed by atoms with Crippen molar-refractivity contribution in [1.82, 2.24) is 4.90 Å². The summed E-state index contributed by atoms with van der Waals surface area (Å²) in [5.41, 5.74) is 0.477. The summed E-state index contributed by atoms with van der Waals surface area (Å²) >= 11 is 0. The van der Waals surface area contributed by atoms with Crippen LogP contribution in [0.1, 0.15) is 23.2 Å². The standard InChI is InChI=1S/C15H20N2O4/c1-16(13-7-3-2-6-12(13)14(19)20)15(21)17-8-4-5-11(9-17)10-18/h2-3,6-7,11,18H,4-5,8-10H2,1H3,(H,19,20). The highest BCUT2D eigenvalue weighted by Crippen LogP contribution is 2.23. The fraction of sp³-hybridized carbons (Fsp3) is 0.467. The van der Waals surface area contributed by atoms with Crippen LogP contribution >= 0.6 is 0 Å². The number of carbonyl (C=O) groups excluding carboxylic acids is 1. The molecule has 0 saturated carbocycles. The van der Waals surface area contributed by atoms with Crippen LogP contribution in [0.2, 0.25) is 0 Å². The Morgan fingerprint density at radius 3 is 2.76 bits per heavy atom. The Bertz CT molecular complexity index is 532. The van der Waals surface area contributed by atoms with Crippen molar-refractivity contribution in [2.45, 2.75) is 12.8 Å². The summed E-state index contributed by atoms with van der Waals surface area (Å²) in [5.74, 6) is -0.956. The smallest absolute Gasteiger partial charge is 0.337 e. The summed E-state index contributed by atoms with van der Waals surface area (Å²) in [4.78, 5) is 26.8. The van der Waals surface area contributed by atoms with Crippen molar-refractivity contribution in [1.29, 1.82) is 0 Å². The lowest BCUT2D eigenvalue weighted by atomic mass is 9.99. The lowest BCUT2D eigenvalue weighted by Gasteiger charge is -2.34. The number of urea groups is 1. The molecule has 1 aliphatic heterocycles. The Kier molecular flexibility index (Phi) is 4.80. The molecule has 1 aromatic carbocycles. The number of hydrogen-bond acceptors (Lipinski definition) is 3. The van der Waals surface area contributed by atoms with E-state index in [2.05, 4.69) is 0 Å². The van der Waals surface area contributed by atoms with Gasteiger partial charge in [0, 0.05) is 26.7 Å². The normalized spacial score (nSPS) is 18.4. The number of hydrogen-bond donors (Lipinski definition) is 2. The molecule has 1 saturated heterocycles. The fourth-order valence-electron chi connectivity index (χ4n) is 2.65. The summed E-state index contributed by atoms with van der Waals surface area (Å²) in [6, 6.07) is 6.21. The number of aliphatic hydroxyl groups excluding tert-OH is 1. The van der Waals surface area contributed by atoms with Gasteiger partial charge < -0.3 is 15.1 Å². The zero-order chi connectivity index (χ0) is 15.4. The molecule has 1 atom stereocenters. The highest BCUT2D eigenvalue weighted by Gasteiger charge is 2.27. The van der Waals surface area contributed by atoms with Crippen LogP contribution in [0.3, 0.4) is 0 Å². The van der Waals surface area contributed by atoms with Crippen molar-refractivity contribution in [3.05, 3.63) is 29.8 Å². The number of carbonyl (C=O) groups is 2. The number of para-hydroxylation sites is 1. The van der Waals surface area contributed by atoms with E-state index in [4.69, 9.17) is 0 Å². The Morgan fingerprint density at radius 2 is 2.10 bits per heavy atom. The van der Waals surface area contributed by atoms with Crippen molar-refractivity contribution in [3.8, 4) is 0 Å². The topological polar surface area (TPSA) is 81.1 Å². The summed E-state index contributed by atoms with van der Waals surface area (Å²) in [6.45, 7) is 1.21. The Hall–Kier alpha value is -2.08. The second-order valence-corrected chi connectivity index (χ2v) is 5.30. The highest BCUT2D eigenvalue weighted by molar-refractivity contribution is 6.01. The first-order chi connectivity index (χ1) is 10.0. The molecule has 0 bridgehead atoms. The maximum Gasteiger partial charge on any atom is 0.337 e. The van der Waals surface area contributed by atoms with Crippen molar-refractivity contribution >= 4 is 17.7 Å². The van der Waals surface area contributed by atoms with Crippen molar-refractivity contribution < 1.29 is 19.8 Å². The lowest BCUT2D eigenvalue weighted by Crippen LogP contribution is -2.47. The number of nitrogens with zero attached hydrogens (tertiary/aromatic N) is 2. The van der Waals surface area contributed by atoms with Crippen LogP contribution < -0.4 is 4.90 Å². The minimum Gasteiger partial charge on any atom is -0.478 e. The summed E-state index contributed by atoms with van der Waals surface area (Å²) in [5, 5.41) is 18.4. The second-order valence-electron chi connectivity index (χ2n) is 5.30. The predicted octanol–water partition coefficient (Wildman–Crippen LogP) is 1.65. The van der Waals surface area contributed by atoms with E-state index in [1.807, 2.05) is 0 Å². The van der Waals surface area contributed by atoms with E-state index in [1.54, 1.807) is 30.1 Å². The van der Waals surface area contributed by atoms with Crippen molar-refractivity contribution in [2.75, 3.05) is 31.6 Å². The third kappa shape index (κ3) is 3.33. The molecule has 114 valence electrons. The molecule has 0 aromatic heterocycles. The van der Waals surface area contributed by atoms with Crippen LogP contribution in [0.4, 0.5) is 10.5 Å². The highest BCUT2D eigenvalue weighted by atomic mass is 16.4. The first-order valence-electron chi connectivity index (χ1n) is 7.00. The molecule has 0 radical (unpaired) electrons. The fourth-order valence-corrected chi connectivity index (χ4v) is 2.65. The first kappa shape index (κ1) is 15.3. The van der Waals surface area contributed by atoms with Gasteiger partial charge in [0.25, 0.3) is 0 Å². The third-order valence-electron chi connectivity index (χ3n) is 3.83. The minimum absolute atomic E-state index is 0.0687. The number of anilines is 1. The number of carboxylic acid groups (broad SMARTS) is 1. The van der Waals surface area contributed by atoms with Gasteiger partial charge in [-0.2, -0.15) is 0 Å². The van der Waals surface area contributed by atoms with Gasteiger partial charge in [-0.3, -0.25) is 4.90 Å². The number of piperidine rings is 1. The van der Waals surface area contributed by atoms with Gasteiger partial charge in [0.2, 0.25) is 0 Å². The van der Waals surface area contributed by atoms with E-state index >= 15 is 0 Å². The largest absolute Gasteiger partial charge is 0.478 e. The molecule has 0 spiro atoms. The molecule has 1 aromatic rings.